The minimum Gasteiger partial charge on any atom is -0.481 e. The first-order valence-electron chi connectivity index (χ1n) is 9.13. The predicted octanol–water partition coefficient (Wildman–Crippen LogP) is 1.99. The topological polar surface area (TPSA) is 104 Å². The van der Waals surface area contributed by atoms with Crippen LogP contribution in [0.4, 0.5) is 0 Å². The third-order valence-electron chi connectivity index (χ3n) is 4.83. The van der Waals surface area contributed by atoms with Crippen molar-refractivity contribution in [3.8, 4) is 0 Å². The zero-order valence-corrected chi connectivity index (χ0v) is 17.1. The Kier molecular flexibility index (Phi) is 6.64. The summed E-state index contributed by atoms with van der Waals surface area (Å²) in [5, 5.41) is 11.5. The largest absolute Gasteiger partial charge is 0.481 e. The normalized spacial score (nSPS) is 19.0. The number of amides is 1. The quantitative estimate of drug-likeness (QED) is 0.734. The molecule has 1 heterocycles. The lowest BCUT2D eigenvalue weighted by molar-refractivity contribution is -0.138. The number of sulfonamides is 1. The molecule has 0 saturated carbocycles. The van der Waals surface area contributed by atoms with E-state index in [0.717, 1.165) is 5.56 Å². The molecule has 1 saturated heterocycles. The second kappa shape index (κ2) is 8.39. The Balaban J connectivity index is 2.20. The average molecular weight is 397 g/mol. The molecule has 0 spiro atoms. The number of carboxylic acid groups (broad SMARTS) is 1. The van der Waals surface area contributed by atoms with E-state index in [2.05, 4.69) is 5.32 Å². The lowest BCUT2D eigenvalue weighted by Crippen LogP contribution is -2.47. The fraction of sp³-hybridized carbons (Fsp3) is 0.579. The Morgan fingerprint density at radius 1 is 1.26 bits per heavy atom. The van der Waals surface area contributed by atoms with Crippen LogP contribution in [0.1, 0.15) is 42.9 Å². The van der Waals surface area contributed by atoms with E-state index in [0.29, 0.717) is 30.5 Å². The fourth-order valence-corrected chi connectivity index (χ4v) is 5.82. The summed E-state index contributed by atoms with van der Waals surface area (Å²) in [6, 6.07) is 2.91. The van der Waals surface area contributed by atoms with Gasteiger partial charge in [-0.25, -0.2) is 8.42 Å². The summed E-state index contributed by atoms with van der Waals surface area (Å²) < 4.78 is 27.8. The highest BCUT2D eigenvalue weighted by Crippen LogP contribution is 2.30. The van der Waals surface area contributed by atoms with Crippen LogP contribution in [0.15, 0.2) is 17.0 Å². The standard InChI is InChI=1S/C19H28N2O5S/c1-12-8-14(3)18(15(4)9-12)27(25,26)21-7-5-6-16(21)19(24)20-11-13(2)10-17(22)23/h8-9,13,16H,5-7,10-11H2,1-4H3,(H,20,24)(H,22,23). The van der Waals surface area contributed by atoms with Crippen molar-refractivity contribution in [1.29, 1.82) is 0 Å². The fourth-order valence-electron chi connectivity index (χ4n) is 3.74. The van der Waals surface area contributed by atoms with Crippen molar-refractivity contribution in [2.75, 3.05) is 13.1 Å². The smallest absolute Gasteiger partial charge is 0.303 e. The first-order chi connectivity index (χ1) is 12.5. The first kappa shape index (κ1) is 21.4. The highest BCUT2D eigenvalue weighted by molar-refractivity contribution is 7.89. The molecule has 1 aromatic rings. The van der Waals surface area contributed by atoms with Gasteiger partial charge in [-0.15, -0.1) is 0 Å². The maximum Gasteiger partial charge on any atom is 0.303 e. The molecule has 0 radical (unpaired) electrons. The summed E-state index contributed by atoms with van der Waals surface area (Å²) in [4.78, 5) is 23.6. The maximum atomic E-state index is 13.3. The van der Waals surface area contributed by atoms with Crippen LogP contribution in [0.3, 0.4) is 0 Å². The van der Waals surface area contributed by atoms with Crippen molar-refractivity contribution < 1.29 is 23.1 Å². The maximum absolute atomic E-state index is 13.3. The molecule has 1 aromatic carbocycles. The molecule has 0 aliphatic carbocycles. The van der Waals surface area contributed by atoms with Crippen molar-refractivity contribution in [3.63, 3.8) is 0 Å². The Labute approximate surface area is 160 Å². The number of aryl methyl sites for hydroxylation is 3. The number of carbonyl (C=O) groups is 2. The molecule has 1 amide bonds. The molecule has 1 aliphatic heterocycles. The van der Waals surface area contributed by atoms with Crippen LogP contribution in [-0.2, 0) is 19.6 Å². The number of nitrogens with one attached hydrogen (secondary N) is 1. The minimum atomic E-state index is -3.79. The summed E-state index contributed by atoms with van der Waals surface area (Å²) in [5.41, 5.74) is 2.34. The lowest BCUT2D eigenvalue weighted by atomic mass is 10.1. The van der Waals surface area contributed by atoms with Gasteiger partial charge in [-0.2, -0.15) is 4.31 Å². The van der Waals surface area contributed by atoms with E-state index >= 15 is 0 Å². The molecule has 0 aromatic heterocycles. The van der Waals surface area contributed by atoms with Crippen LogP contribution in [0, 0.1) is 26.7 Å². The van der Waals surface area contributed by atoms with Gasteiger partial charge in [0.15, 0.2) is 0 Å². The number of aliphatic carboxylic acids is 1. The molecule has 150 valence electrons. The average Bonchev–Trinajstić information content (AvgIpc) is 3.01. The van der Waals surface area contributed by atoms with Gasteiger partial charge in [0.2, 0.25) is 15.9 Å². The lowest BCUT2D eigenvalue weighted by Gasteiger charge is -2.25. The number of carboxylic acids is 1. The Bertz CT molecular complexity index is 811. The number of nitrogens with zero attached hydrogens (tertiary/aromatic N) is 1. The molecule has 27 heavy (non-hydrogen) atoms. The SMILES string of the molecule is Cc1cc(C)c(S(=O)(=O)N2CCCC2C(=O)NCC(C)CC(=O)O)c(C)c1. The predicted molar refractivity (Wildman–Crippen MR) is 102 cm³/mol. The van der Waals surface area contributed by atoms with E-state index in [1.165, 1.54) is 4.31 Å². The monoisotopic (exact) mass is 396 g/mol. The van der Waals surface area contributed by atoms with Gasteiger partial charge in [-0.3, -0.25) is 9.59 Å². The van der Waals surface area contributed by atoms with Gasteiger partial charge < -0.3 is 10.4 Å². The molecule has 1 fully saturated rings. The third-order valence-corrected chi connectivity index (χ3v) is 7.04. The second-order valence-electron chi connectivity index (χ2n) is 7.45. The second-order valence-corrected chi connectivity index (χ2v) is 9.28. The zero-order valence-electron chi connectivity index (χ0n) is 16.3. The van der Waals surface area contributed by atoms with Gasteiger partial charge in [-0.05, 0) is 50.7 Å². The zero-order chi connectivity index (χ0) is 20.4. The molecule has 8 heteroatoms. The number of carbonyl (C=O) groups excluding carboxylic acids is 1. The van der Waals surface area contributed by atoms with Gasteiger partial charge in [-0.1, -0.05) is 24.6 Å². The molecule has 2 rings (SSSR count). The number of rotatable bonds is 7. The number of hydrogen-bond acceptors (Lipinski definition) is 4. The summed E-state index contributed by atoms with van der Waals surface area (Å²) in [6.07, 6.45) is 1.03. The van der Waals surface area contributed by atoms with E-state index in [1.54, 1.807) is 20.8 Å². The Hall–Kier alpha value is -1.93. The van der Waals surface area contributed by atoms with Gasteiger partial charge >= 0.3 is 5.97 Å². The van der Waals surface area contributed by atoms with Crippen molar-refractivity contribution in [1.82, 2.24) is 9.62 Å². The van der Waals surface area contributed by atoms with Gasteiger partial charge in [0.1, 0.15) is 6.04 Å². The number of hydrogen-bond donors (Lipinski definition) is 2. The summed E-state index contributed by atoms with van der Waals surface area (Å²) in [5.74, 6) is -1.51. The molecule has 1 aliphatic rings. The number of benzene rings is 1. The van der Waals surface area contributed by atoms with E-state index in [9.17, 15) is 18.0 Å². The molecular formula is C19H28N2O5S. The summed E-state index contributed by atoms with van der Waals surface area (Å²) >= 11 is 0. The van der Waals surface area contributed by atoms with Crippen LogP contribution in [0.5, 0.6) is 0 Å². The van der Waals surface area contributed by atoms with Gasteiger partial charge in [0, 0.05) is 19.5 Å². The van der Waals surface area contributed by atoms with Crippen LogP contribution in [0.2, 0.25) is 0 Å². The highest BCUT2D eigenvalue weighted by Gasteiger charge is 2.40. The molecule has 2 unspecified atom stereocenters. The molecule has 7 nitrogen and oxygen atoms in total. The van der Waals surface area contributed by atoms with E-state index in [1.807, 2.05) is 19.1 Å². The Morgan fingerprint density at radius 2 is 1.85 bits per heavy atom. The van der Waals surface area contributed by atoms with Gasteiger partial charge in [0.25, 0.3) is 0 Å². The van der Waals surface area contributed by atoms with Crippen LogP contribution in [-0.4, -0.2) is 48.8 Å². The van der Waals surface area contributed by atoms with Crippen molar-refractivity contribution in [2.24, 2.45) is 5.92 Å². The minimum absolute atomic E-state index is 0.0469. The summed E-state index contributed by atoms with van der Waals surface area (Å²) in [7, 11) is -3.79. The first-order valence-corrected chi connectivity index (χ1v) is 10.6. The van der Waals surface area contributed by atoms with Crippen molar-refractivity contribution >= 4 is 21.9 Å². The van der Waals surface area contributed by atoms with Gasteiger partial charge in [0.05, 0.1) is 4.90 Å². The van der Waals surface area contributed by atoms with Crippen molar-refractivity contribution in [2.45, 2.75) is 57.9 Å². The van der Waals surface area contributed by atoms with Crippen LogP contribution < -0.4 is 5.32 Å². The van der Waals surface area contributed by atoms with E-state index < -0.39 is 22.0 Å². The molecule has 2 atom stereocenters. The Morgan fingerprint density at radius 3 is 2.41 bits per heavy atom. The molecule has 0 bridgehead atoms. The molecule has 2 N–H and O–H groups in total. The van der Waals surface area contributed by atoms with Crippen molar-refractivity contribution in [3.05, 3.63) is 28.8 Å². The highest BCUT2D eigenvalue weighted by atomic mass is 32.2. The van der Waals surface area contributed by atoms with E-state index in [-0.39, 0.29) is 29.7 Å². The third kappa shape index (κ3) is 4.87. The van der Waals surface area contributed by atoms with E-state index in [4.69, 9.17) is 5.11 Å². The molecular weight excluding hydrogens is 368 g/mol. The van der Waals surface area contributed by atoms with Crippen LogP contribution in [0.25, 0.3) is 0 Å². The van der Waals surface area contributed by atoms with Crippen LogP contribution >= 0.6 is 0 Å². The summed E-state index contributed by atoms with van der Waals surface area (Å²) in [6.45, 7) is 7.70.